The number of rotatable bonds is 9. The monoisotopic (exact) mass is 563 g/mol. The van der Waals surface area contributed by atoms with Crippen LogP contribution in [0.4, 0.5) is 10.8 Å². The number of anilines is 2. The molecule has 0 bridgehead atoms. The zero-order valence-electron chi connectivity index (χ0n) is 19.2. The van der Waals surface area contributed by atoms with E-state index in [2.05, 4.69) is 36.8 Å². The summed E-state index contributed by atoms with van der Waals surface area (Å²) in [5, 5.41) is 10.1. The number of thiazole rings is 1. The normalized spacial score (nSPS) is 10.8. The van der Waals surface area contributed by atoms with Crippen LogP contribution in [-0.2, 0) is 4.79 Å². The molecule has 1 heterocycles. The van der Waals surface area contributed by atoms with Crippen LogP contribution in [0.25, 0.3) is 11.3 Å². The van der Waals surface area contributed by atoms with Gasteiger partial charge in [-0.25, -0.2) is 10.4 Å². The van der Waals surface area contributed by atoms with Gasteiger partial charge in [-0.15, -0.1) is 11.3 Å². The Balaban J connectivity index is 1.38. The molecule has 2 amide bonds. The van der Waals surface area contributed by atoms with Crippen molar-refractivity contribution in [2.24, 2.45) is 10.8 Å². The van der Waals surface area contributed by atoms with E-state index in [1.807, 2.05) is 48.7 Å². The van der Waals surface area contributed by atoms with Gasteiger partial charge in [0.1, 0.15) is 5.75 Å². The van der Waals surface area contributed by atoms with Crippen molar-refractivity contribution in [3.05, 3.63) is 93.3 Å². The molecular formula is C26H22BrN5O3S. The summed E-state index contributed by atoms with van der Waals surface area (Å²) in [7, 11) is 0. The summed E-state index contributed by atoms with van der Waals surface area (Å²) >= 11 is 4.89. The maximum atomic E-state index is 12.5. The maximum Gasteiger partial charge on any atom is 0.271 e. The number of aryl methyl sites for hydroxylation is 1. The number of hydrogen-bond donors (Lipinski definition) is 3. The lowest BCUT2D eigenvalue weighted by molar-refractivity contribution is -0.119. The number of ether oxygens (including phenoxy) is 1. The van der Waals surface area contributed by atoms with Crippen molar-refractivity contribution >= 4 is 56.1 Å². The lowest BCUT2D eigenvalue weighted by Gasteiger charge is -2.07. The van der Waals surface area contributed by atoms with E-state index in [1.54, 1.807) is 30.3 Å². The van der Waals surface area contributed by atoms with Gasteiger partial charge in [0, 0.05) is 32.2 Å². The van der Waals surface area contributed by atoms with E-state index in [4.69, 9.17) is 10.5 Å². The van der Waals surface area contributed by atoms with Gasteiger partial charge in [0.15, 0.2) is 11.7 Å². The van der Waals surface area contributed by atoms with Crippen molar-refractivity contribution in [2.75, 3.05) is 11.9 Å². The fraction of sp³-hybridized carbons (Fsp3) is 0.0769. The Labute approximate surface area is 220 Å². The highest BCUT2D eigenvalue weighted by molar-refractivity contribution is 9.10. The van der Waals surface area contributed by atoms with Crippen LogP contribution in [-0.4, -0.2) is 29.6 Å². The Morgan fingerprint density at radius 3 is 2.58 bits per heavy atom. The Kier molecular flexibility index (Phi) is 8.09. The van der Waals surface area contributed by atoms with Crippen molar-refractivity contribution in [3.8, 4) is 17.0 Å². The van der Waals surface area contributed by atoms with E-state index in [9.17, 15) is 9.59 Å². The smallest absolute Gasteiger partial charge is 0.271 e. The standard InChI is InChI=1S/C26H22BrN5O3S/c1-16-2-9-21(10-3-16)30-26-31-22(15-36-26)17-4-6-18(7-5-17)25(34)32-29-13-19-12-20(27)8-11-23(19)35-14-24(28)33/h2-13,15H,14H2,1H3,(H2,28,33)(H,30,31)(H,32,34)/b29-13+. The second-order valence-corrected chi connectivity index (χ2v) is 9.52. The van der Waals surface area contributed by atoms with Crippen LogP contribution in [0, 0.1) is 6.92 Å². The molecule has 0 radical (unpaired) electrons. The molecule has 0 aliphatic carbocycles. The number of carbonyl (C=O) groups excluding carboxylic acids is 2. The van der Waals surface area contributed by atoms with E-state index in [-0.39, 0.29) is 12.5 Å². The van der Waals surface area contributed by atoms with Crippen molar-refractivity contribution < 1.29 is 14.3 Å². The first-order chi connectivity index (χ1) is 17.4. The van der Waals surface area contributed by atoms with Gasteiger partial charge in [0.25, 0.3) is 11.8 Å². The van der Waals surface area contributed by atoms with Crippen LogP contribution in [0.3, 0.4) is 0 Å². The Hall–Kier alpha value is -4.02. The zero-order valence-corrected chi connectivity index (χ0v) is 21.6. The second kappa shape index (κ2) is 11.6. The first kappa shape index (κ1) is 25.1. The summed E-state index contributed by atoms with van der Waals surface area (Å²) in [5.41, 5.74) is 12.5. The van der Waals surface area contributed by atoms with Gasteiger partial charge in [-0.3, -0.25) is 9.59 Å². The number of amides is 2. The van der Waals surface area contributed by atoms with Crippen LogP contribution in [0.15, 0.2) is 81.7 Å². The Bertz CT molecular complexity index is 1400. The highest BCUT2D eigenvalue weighted by Crippen LogP contribution is 2.27. The first-order valence-corrected chi connectivity index (χ1v) is 12.5. The molecule has 4 N–H and O–H groups in total. The van der Waals surface area contributed by atoms with E-state index >= 15 is 0 Å². The zero-order chi connectivity index (χ0) is 25.5. The lowest BCUT2D eigenvalue weighted by Crippen LogP contribution is -2.20. The van der Waals surface area contributed by atoms with Crippen LogP contribution in [0.2, 0.25) is 0 Å². The predicted octanol–water partition coefficient (Wildman–Crippen LogP) is 5.25. The third-order valence-corrected chi connectivity index (χ3v) is 6.21. The highest BCUT2D eigenvalue weighted by atomic mass is 79.9. The number of carbonyl (C=O) groups is 2. The Morgan fingerprint density at radius 2 is 1.86 bits per heavy atom. The van der Waals surface area contributed by atoms with E-state index in [1.165, 1.54) is 23.1 Å². The molecule has 4 aromatic rings. The molecule has 36 heavy (non-hydrogen) atoms. The van der Waals surface area contributed by atoms with Crippen LogP contribution in [0.5, 0.6) is 5.75 Å². The van der Waals surface area contributed by atoms with Crippen LogP contribution >= 0.6 is 27.3 Å². The average molecular weight is 564 g/mol. The Morgan fingerprint density at radius 1 is 1.11 bits per heavy atom. The quantitative estimate of drug-likeness (QED) is 0.190. The van der Waals surface area contributed by atoms with E-state index in [0.717, 1.165) is 26.5 Å². The minimum Gasteiger partial charge on any atom is -0.483 e. The van der Waals surface area contributed by atoms with Crippen LogP contribution < -0.4 is 21.2 Å². The van der Waals surface area contributed by atoms with Crippen molar-refractivity contribution in [1.82, 2.24) is 10.4 Å². The van der Waals surface area contributed by atoms with Crippen LogP contribution in [0.1, 0.15) is 21.5 Å². The van der Waals surface area contributed by atoms with Gasteiger partial charge in [-0.2, -0.15) is 5.10 Å². The number of aromatic nitrogens is 1. The summed E-state index contributed by atoms with van der Waals surface area (Å²) < 4.78 is 6.17. The third kappa shape index (κ3) is 6.77. The van der Waals surface area contributed by atoms with Gasteiger partial charge in [0.2, 0.25) is 0 Å². The number of nitrogens with one attached hydrogen (secondary N) is 2. The van der Waals surface area contributed by atoms with Gasteiger partial charge in [-0.05, 0) is 49.4 Å². The molecular weight excluding hydrogens is 542 g/mol. The minimum atomic E-state index is -0.589. The first-order valence-electron chi connectivity index (χ1n) is 10.8. The molecule has 0 aliphatic heterocycles. The number of primary amides is 1. The molecule has 182 valence electrons. The van der Waals surface area contributed by atoms with Gasteiger partial charge in [0.05, 0.1) is 11.9 Å². The number of benzene rings is 3. The number of hydrazone groups is 1. The SMILES string of the molecule is Cc1ccc(Nc2nc(-c3ccc(C(=O)N/N=C/c4cc(Br)ccc4OCC(N)=O)cc3)cs2)cc1. The fourth-order valence-corrected chi connectivity index (χ4v) is 4.26. The van der Waals surface area contributed by atoms with Crippen molar-refractivity contribution in [1.29, 1.82) is 0 Å². The summed E-state index contributed by atoms with van der Waals surface area (Å²) in [5.74, 6) is -0.541. The molecule has 0 saturated heterocycles. The van der Waals surface area contributed by atoms with Crippen molar-refractivity contribution in [3.63, 3.8) is 0 Å². The topological polar surface area (TPSA) is 119 Å². The highest BCUT2D eigenvalue weighted by Gasteiger charge is 2.09. The predicted molar refractivity (Wildman–Crippen MR) is 146 cm³/mol. The van der Waals surface area contributed by atoms with E-state index < -0.39 is 5.91 Å². The molecule has 3 aromatic carbocycles. The summed E-state index contributed by atoms with van der Waals surface area (Å²) in [4.78, 5) is 28.2. The molecule has 8 nitrogen and oxygen atoms in total. The molecule has 0 unspecified atom stereocenters. The molecule has 4 rings (SSSR count). The van der Waals surface area contributed by atoms with E-state index in [0.29, 0.717) is 16.9 Å². The molecule has 0 aliphatic rings. The molecule has 10 heteroatoms. The maximum absolute atomic E-state index is 12.5. The molecule has 0 spiro atoms. The van der Waals surface area contributed by atoms with Crippen molar-refractivity contribution in [2.45, 2.75) is 6.92 Å². The van der Waals surface area contributed by atoms with Gasteiger partial charge < -0.3 is 15.8 Å². The number of nitrogens with zero attached hydrogens (tertiary/aromatic N) is 2. The summed E-state index contributed by atoms with van der Waals surface area (Å²) in [6.07, 6.45) is 1.44. The number of halogens is 1. The minimum absolute atomic E-state index is 0.260. The summed E-state index contributed by atoms with van der Waals surface area (Å²) in [6, 6.07) is 20.4. The summed E-state index contributed by atoms with van der Waals surface area (Å²) in [6.45, 7) is 1.79. The molecule has 1 aromatic heterocycles. The fourth-order valence-electron chi connectivity index (χ4n) is 3.14. The lowest BCUT2D eigenvalue weighted by atomic mass is 10.1. The second-order valence-electron chi connectivity index (χ2n) is 7.74. The van der Waals surface area contributed by atoms with Gasteiger partial charge >= 0.3 is 0 Å². The third-order valence-electron chi connectivity index (χ3n) is 4.96. The van der Waals surface area contributed by atoms with Gasteiger partial charge in [-0.1, -0.05) is 45.8 Å². The number of hydrogen-bond acceptors (Lipinski definition) is 7. The molecule has 0 fully saturated rings. The molecule has 0 saturated carbocycles. The molecule has 0 atom stereocenters. The largest absolute Gasteiger partial charge is 0.483 e. The number of nitrogens with two attached hydrogens (primary N) is 1. The average Bonchev–Trinajstić information content (AvgIpc) is 3.33.